The van der Waals surface area contributed by atoms with Crippen molar-refractivity contribution < 1.29 is 18.6 Å². The van der Waals surface area contributed by atoms with Crippen LogP contribution in [0.4, 0.5) is 8.78 Å². The fraction of sp³-hybridized carbons (Fsp3) is 0.444. The second-order valence-electron chi connectivity index (χ2n) is 3.02. The number of pyridine rings is 1. The van der Waals surface area contributed by atoms with Gasteiger partial charge in [0.15, 0.2) is 6.61 Å². The van der Waals surface area contributed by atoms with Gasteiger partial charge in [-0.15, -0.1) is 0 Å². The molecule has 5 heteroatoms. The van der Waals surface area contributed by atoms with Crippen LogP contribution in [-0.2, 0) is 6.61 Å². The quantitative estimate of drug-likeness (QED) is 0.808. The molecule has 0 spiro atoms. The second-order valence-corrected chi connectivity index (χ2v) is 3.02. The summed E-state index contributed by atoms with van der Waals surface area (Å²) < 4.78 is 29.4. The van der Waals surface area contributed by atoms with Gasteiger partial charge >= 0.3 is 0 Å². The van der Waals surface area contributed by atoms with Crippen LogP contribution in [0.3, 0.4) is 0 Å². The number of aliphatic hydroxyl groups is 1. The fourth-order valence-corrected chi connectivity index (χ4v) is 0.790. The number of aromatic nitrogens is 1. The highest BCUT2D eigenvalue weighted by Gasteiger charge is 2.22. The van der Waals surface area contributed by atoms with E-state index in [1.807, 2.05) is 0 Å². The Labute approximate surface area is 80.3 Å². The molecule has 0 aliphatic heterocycles. The maximum atomic E-state index is 12.4. The van der Waals surface area contributed by atoms with E-state index in [0.717, 1.165) is 6.92 Å². The van der Waals surface area contributed by atoms with E-state index >= 15 is 0 Å². The van der Waals surface area contributed by atoms with E-state index in [1.165, 1.54) is 12.3 Å². The van der Waals surface area contributed by atoms with Crippen molar-refractivity contribution in [2.75, 3.05) is 6.61 Å². The van der Waals surface area contributed by atoms with Gasteiger partial charge in [-0.25, -0.2) is 13.8 Å². The molecule has 3 nitrogen and oxygen atoms in total. The Morgan fingerprint density at radius 1 is 1.50 bits per heavy atom. The monoisotopic (exact) mass is 203 g/mol. The van der Waals surface area contributed by atoms with Crippen molar-refractivity contribution in [2.45, 2.75) is 19.5 Å². The van der Waals surface area contributed by atoms with E-state index in [4.69, 9.17) is 9.84 Å². The van der Waals surface area contributed by atoms with Crippen LogP contribution in [0.1, 0.15) is 12.5 Å². The summed E-state index contributed by atoms with van der Waals surface area (Å²) in [4.78, 5) is 3.74. The number of nitrogens with zero attached hydrogens (tertiary/aromatic N) is 1. The van der Waals surface area contributed by atoms with Crippen LogP contribution in [0.5, 0.6) is 5.88 Å². The van der Waals surface area contributed by atoms with E-state index in [1.54, 1.807) is 6.07 Å². The van der Waals surface area contributed by atoms with E-state index < -0.39 is 12.5 Å². The van der Waals surface area contributed by atoms with Crippen molar-refractivity contribution >= 4 is 0 Å². The average molecular weight is 203 g/mol. The SMILES string of the molecule is CC(F)(F)COc1ccc(CO)cn1. The number of rotatable bonds is 4. The summed E-state index contributed by atoms with van der Waals surface area (Å²) in [6, 6.07) is 3.01. The molecule has 1 N–H and O–H groups in total. The molecule has 0 aliphatic rings. The number of halogens is 2. The van der Waals surface area contributed by atoms with Gasteiger partial charge in [-0.05, 0) is 11.6 Å². The molecular weight excluding hydrogens is 192 g/mol. The number of aliphatic hydroxyl groups excluding tert-OH is 1. The first-order chi connectivity index (χ1) is 6.51. The Morgan fingerprint density at radius 2 is 2.21 bits per heavy atom. The Balaban J connectivity index is 2.52. The molecular formula is C9H11F2NO2. The summed E-state index contributed by atoms with van der Waals surface area (Å²) in [5, 5.41) is 8.69. The van der Waals surface area contributed by atoms with Crippen LogP contribution >= 0.6 is 0 Å². The summed E-state index contributed by atoms with van der Waals surface area (Å²) in [6.07, 6.45) is 1.38. The minimum Gasteiger partial charge on any atom is -0.471 e. The molecule has 1 aromatic rings. The Morgan fingerprint density at radius 3 is 2.64 bits per heavy atom. The van der Waals surface area contributed by atoms with Crippen LogP contribution in [0.15, 0.2) is 18.3 Å². The van der Waals surface area contributed by atoms with Crippen molar-refractivity contribution in [3.63, 3.8) is 0 Å². The van der Waals surface area contributed by atoms with Crippen molar-refractivity contribution in [3.8, 4) is 5.88 Å². The molecule has 78 valence electrons. The van der Waals surface area contributed by atoms with Gasteiger partial charge in [0.1, 0.15) is 0 Å². The topological polar surface area (TPSA) is 42.4 Å². The molecule has 0 fully saturated rings. The predicted molar refractivity (Wildman–Crippen MR) is 46.3 cm³/mol. The van der Waals surface area contributed by atoms with Gasteiger partial charge < -0.3 is 9.84 Å². The molecule has 0 radical (unpaired) electrons. The third kappa shape index (κ3) is 3.66. The Kier molecular flexibility index (Phi) is 3.35. The number of ether oxygens (including phenoxy) is 1. The molecule has 0 aliphatic carbocycles. The summed E-state index contributed by atoms with van der Waals surface area (Å²) in [5.74, 6) is -2.74. The van der Waals surface area contributed by atoms with Crippen molar-refractivity contribution in [1.29, 1.82) is 0 Å². The lowest BCUT2D eigenvalue weighted by Crippen LogP contribution is -2.21. The molecule has 1 rings (SSSR count). The van der Waals surface area contributed by atoms with Gasteiger partial charge in [-0.2, -0.15) is 0 Å². The summed E-state index contributed by atoms with van der Waals surface area (Å²) >= 11 is 0. The van der Waals surface area contributed by atoms with Crippen LogP contribution in [0.2, 0.25) is 0 Å². The van der Waals surface area contributed by atoms with Gasteiger partial charge in [0.25, 0.3) is 5.92 Å². The van der Waals surface area contributed by atoms with Gasteiger partial charge in [0.05, 0.1) is 6.61 Å². The molecule has 0 saturated heterocycles. The van der Waals surface area contributed by atoms with Crippen LogP contribution < -0.4 is 4.74 Å². The Bertz CT molecular complexity index is 282. The smallest absolute Gasteiger partial charge is 0.278 e. The lowest BCUT2D eigenvalue weighted by atomic mass is 10.3. The first-order valence-electron chi connectivity index (χ1n) is 4.08. The molecule has 14 heavy (non-hydrogen) atoms. The fourth-order valence-electron chi connectivity index (χ4n) is 0.790. The van der Waals surface area contributed by atoms with E-state index in [2.05, 4.69) is 4.98 Å². The largest absolute Gasteiger partial charge is 0.471 e. The second kappa shape index (κ2) is 4.32. The normalized spacial score (nSPS) is 11.4. The number of hydrogen-bond donors (Lipinski definition) is 1. The Hall–Kier alpha value is -1.23. The molecule has 0 amide bonds. The summed E-state index contributed by atoms with van der Waals surface area (Å²) in [7, 11) is 0. The first kappa shape index (κ1) is 10.8. The minimum atomic E-state index is -2.86. The first-order valence-corrected chi connectivity index (χ1v) is 4.08. The number of alkyl halides is 2. The maximum absolute atomic E-state index is 12.4. The predicted octanol–water partition coefficient (Wildman–Crippen LogP) is 1.61. The van der Waals surface area contributed by atoms with E-state index in [-0.39, 0.29) is 12.5 Å². The molecule has 0 unspecified atom stereocenters. The van der Waals surface area contributed by atoms with Crippen molar-refractivity contribution in [3.05, 3.63) is 23.9 Å². The zero-order valence-corrected chi connectivity index (χ0v) is 7.70. The molecule has 0 bridgehead atoms. The van der Waals surface area contributed by atoms with Gasteiger partial charge in [-0.3, -0.25) is 0 Å². The maximum Gasteiger partial charge on any atom is 0.278 e. The van der Waals surface area contributed by atoms with Crippen molar-refractivity contribution in [2.24, 2.45) is 0 Å². The van der Waals surface area contributed by atoms with Gasteiger partial charge in [0.2, 0.25) is 5.88 Å². The highest BCUT2D eigenvalue weighted by Crippen LogP contribution is 2.14. The van der Waals surface area contributed by atoms with Crippen molar-refractivity contribution in [1.82, 2.24) is 4.98 Å². The third-order valence-corrected chi connectivity index (χ3v) is 1.45. The average Bonchev–Trinajstić information content (AvgIpc) is 2.14. The standard InChI is InChI=1S/C9H11F2NO2/c1-9(10,11)6-14-8-3-2-7(5-13)4-12-8/h2-4,13H,5-6H2,1H3. The number of hydrogen-bond acceptors (Lipinski definition) is 3. The highest BCUT2D eigenvalue weighted by atomic mass is 19.3. The third-order valence-electron chi connectivity index (χ3n) is 1.45. The van der Waals surface area contributed by atoms with Gasteiger partial charge in [-0.1, -0.05) is 0 Å². The highest BCUT2D eigenvalue weighted by molar-refractivity contribution is 5.17. The molecule has 0 atom stereocenters. The lowest BCUT2D eigenvalue weighted by Gasteiger charge is -2.10. The van der Waals surface area contributed by atoms with Gasteiger partial charge in [0, 0.05) is 19.2 Å². The summed E-state index contributed by atoms with van der Waals surface area (Å²) in [5.41, 5.74) is 0.612. The summed E-state index contributed by atoms with van der Waals surface area (Å²) in [6.45, 7) is -0.0508. The van der Waals surface area contributed by atoms with Crippen LogP contribution in [0.25, 0.3) is 0 Å². The molecule has 1 aromatic heterocycles. The van der Waals surface area contributed by atoms with E-state index in [9.17, 15) is 8.78 Å². The van der Waals surface area contributed by atoms with Crippen LogP contribution in [0, 0.1) is 0 Å². The zero-order valence-electron chi connectivity index (χ0n) is 7.70. The van der Waals surface area contributed by atoms with Crippen LogP contribution in [-0.4, -0.2) is 22.6 Å². The lowest BCUT2D eigenvalue weighted by molar-refractivity contribution is -0.0242. The molecule has 0 saturated carbocycles. The molecule has 0 aromatic carbocycles. The minimum absolute atomic E-state index is 0.128. The van der Waals surface area contributed by atoms with E-state index in [0.29, 0.717) is 5.56 Å². The zero-order chi connectivity index (χ0) is 10.6. The molecule has 1 heterocycles.